The van der Waals surface area contributed by atoms with Gasteiger partial charge in [-0.15, -0.1) is 0 Å². The van der Waals surface area contributed by atoms with Gasteiger partial charge in [0.1, 0.15) is 24.7 Å². The summed E-state index contributed by atoms with van der Waals surface area (Å²) in [4.78, 5) is 0. The highest BCUT2D eigenvalue weighted by atomic mass is 16.5. The van der Waals surface area contributed by atoms with Crippen molar-refractivity contribution in [2.75, 3.05) is 6.61 Å². The first-order valence-electron chi connectivity index (χ1n) is 9.80. The molecular formula is C25H28O4. The second-order valence-corrected chi connectivity index (χ2v) is 7.38. The quantitative estimate of drug-likeness (QED) is 0.578. The average molecular weight is 392 g/mol. The van der Waals surface area contributed by atoms with Gasteiger partial charge < -0.3 is 19.7 Å². The van der Waals surface area contributed by atoms with Gasteiger partial charge in [-0.3, -0.25) is 0 Å². The van der Waals surface area contributed by atoms with E-state index in [1.165, 1.54) is 5.56 Å². The van der Waals surface area contributed by atoms with Gasteiger partial charge in [-0.2, -0.15) is 0 Å². The fraction of sp³-hybridized carbons (Fsp3) is 0.280. The van der Waals surface area contributed by atoms with Crippen LogP contribution in [-0.2, 0) is 13.2 Å². The molecule has 4 heteroatoms. The predicted molar refractivity (Wildman–Crippen MR) is 115 cm³/mol. The van der Waals surface area contributed by atoms with Crippen molar-refractivity contribution in [3.05, 3.63) is 82.9 Å². The Morgan fingerprint density at radius 1 is 0.828 bits per heavy atom. The minimum Gasteiger partial charge on any atom is -0.491 e. The van der Waals surface area contributed by atoms with Gasteiger partial charge in [0.05, 0.1) is 12.7 Å². The van der Waals surface area contributed by atoms with E-state index >= 15 is 0 Å². The Kier molecular flexibility index (Phi) is 6.91. The molecule has 2 N–H and O–H groups in total. The number of hydrogen-bond donors (Lipinski definition) is 2. The van der Waals surface area contributed by atoms with Crippen molar-refractivity contribution in [2.24, 2.45) is 0 Å². The van der Waals surface area contributed by atoms with Gasteiger partial charge in [-0.25, -0.2) is 0 Å². The highest BCUT2D eigenvalue weighted by molar-refractivity contribution is 5.72. The highest BCUT2D eigenvalue weighted by Crippen LogP contribution is 2.31. The molecule has 0 saturated heterocycles. The number of rotatable bonds is 8. The smallest absolute Gasteiger partial charge is 0.120 e. The first-order valence-corrected chi connectivity index (χ1v) is 9.80. The Bertz CT molecular complexity index is 922. The first-order chi connectivity index (χ1) is 14.0. The highest BCUT2D eigenvalue weighted by Gasteiger charge is 2.10. The summed E-state index contributed by atoms with van der Waals surface area (Å²) in [6.07, 6.45) is -0.494. The summed E-state index contributed by atoms with van der Waals surface area (Å²) in [5.41, 5.74) is 6.53. The molecule has 0 heterocycles. The van der Waals surface area contributed by atoms with Crippen LogP contribution in [0.5, 0.6) is 11.5 Å². The van der Waals surface area contributed by atoms with Crippen molar-refractivity contribution in [2.45, 2.75) is 40.1 Å². The molecular weight excluding hydrogens is 364 g/mol. The summed E-state index contributed by atoms with van der Waals surface area (Å²) in [6, 6.07) is 19.8. The molecule has 0 radical (unpaired) electrons. The van der Waals surface area contributed by atoms with Crippen LogP contribution in [0, 0.1) is 13.8 Å². The molecule has 3 rings (SSSR count). The maximum Gasteiger partial charge on any atom is 0.120 e. The molecule has 0 aliphatic rings. The van der Waals surface area contributed by atoms with Crippen LogP contribution >= 0.6 is 0 Å². The van der Waals surface area contributed by atoms with Crippen molar-refractivity contribution in [1.29, 1.82) is 0 Å². The lowest BCUT2D eigenvalue weighted by atomic mass is 9.94. The lowest BCUT2D eigenvalue weighted by molar-refractivity contribution is 0.122. The van der Waals surface area contributed by atoms with Gasteiger partial charge in [0.2, 0.25) is 0 Å². The molecule has 1 atom stereocenters. The second kappa shape index (κ2) is 9.59. The lowest BCUT2D eigenvalue weighted by Gasteiger charge is -2.15. The second-order valence-electron chi connectivity index (χ2n) is 7.38. The van der Waals surface area contributed by atoms with Crippen LogP contribution in [0.2, 0.25) is 0 Å². The Morgan fingerprint density at radius 3 is 2.14 bits per heavy atom. The van der Waals surface area contributed by atoms with Gasteiger partial charge in [-0.05, 0) is 84.5 Å². The largest absolute Gasteiger partial charge is 0.491 e. The number of aryl methyl sites for hydroxylation is 2. The molecule has 1 unspecified atom stereocenters. The topological polar surface area (TPSA) is 58.9 Å². The summed E-state index contributed by atoms with van der Waals surface area (Å²) < 4.78 is 11.6. The van der Waals surface area contributed by atoms with E-state index in [-0.39, 0.29) is 13.2 Å². The molecule has 0 aliphatic heterocycles. The van der Waals surface area contributed by atoms with Crippen molar-refractivity contribution < 1.29 is 19.7 Å². The summed E-state index contributed by atoms with van der Waals surface area (Å²) in [6.45, 7) is 6.64. The Morgan fingerprint density at radius 2 is 1.52 bits per heavy atom. The molecule has 0 bridgehead atoms. The fourth-order valence-corrected chi connectivity index (χ4v) is 3.35. The number of aliphatic hydroxyl groups excluding tert-OH is 2. The van der Waals surface area contributed by atoms with E-state index in [2.05, 4.69) is 32.0 Å². The van der Waals surface area contributed by atoms with E-state index in [0.29, 0.717) is 6.61 Å². The molecule has 0 saturated carbocycles. The van der Waals surface area contributed by atoms with Crippen LogP contribution in [0.15, 0.2) is 60.7 Å². The predicted octanol–water partition coefficient (Wildman–Crippen LogP) is 4.80. The van der Waals surface area contributed by atoms with Crippen LogP contribution < -0.4 is 9.47 Å². The third kappa shape index (κ3) is 5.59. The first kappa shape index (κ1) is 20.9. The van der Waals surface area contributed by atoms with E-state index in [9.17, 15) is 5.11 Å². The summed E-state index contributed by atoms with van der Waals surface area (Å²) >= 11 is 0. The fourth-order valence-electron chi connectivity index (χ4n) is 3.35. The van der Waals surface area contributed by atoms with Gasteiger partial charge in [0.15, 0.2) is 0 Å². The third-order valence-electron chi connectivity index (χ3n) is 4.72. The Labute approximate surface area is 172 Å². The van der Waals surface area contributed by atoms with E-state index in [0.717, 1.165) is 39.3 Å². The van der Waals surface area contributed by atoms with E-state index < -0.39 is 6.10 Å². The average Bonchev–Trinajstić information content (AvgIpc) is 2.71. The number of benzene rings is 3. The SMILES string of the molecule is Cc1cc(OCC(C)O)cc(C)c1-c1cccc(COc2ccc(CO)cc2)c1. The Balaban J connectivity index is 1.76. The van der Waals surface area contributed by atoms with E-state index in [4.69, 9.17) is 14.6 Å². The van der Waals surface area contributed by atoms with Crippen LogP contribution in [0.25, 0.3) is 11.1 Å². The number of ether oxygens (including phenoxy) is 2. The minimum absolute atomic E-state index is 0.0316. The van der Waals surface area contributed by atoms with Crippen molar-refractivity contribution in [1.82, 2.24) is 0 Å². The molecule has 29 heavy (non-hydrogen) atoms. The number of aliphatic hydroxyl groups is 2. The monoisotopic (exact) mass is 392 g/mol. The standard InChI is InChI=1S/C25H28O4/c1-17-11-24(28-15-19(3)27)12-18(2)25(17)22-6-4-5-21(13-22)16-29-23-9-7-20(14-26)8-10-23/h4-13,19,26-27H,14-16H2,1-3H3. The van der Waals surface area contributed by atoms with Crippen molar-refractivity contribution >= 4 is 0 Å². The van der Waals surface area contributed by atoms with Crippen LogP contribution in [0.3, 0.4) is 0 Å². The zero-order valence-electron chi connectivity index (χ0n) is 17.2. The van der Waals surface area contributed by atoms with Gasteiger partial charge in [0, 0.05) is 0 Å². The van der Waals surface area contributed by atoms with E-state index in [1.807, 2.05) is 42.5 Å². The van der Waals surface area contributed by atoms with Crippen LogP contribution in [0.4, 0.5) is 0 Å². The van der Waals surface area contributed by atoms with Gasteiger partial charge in [-0.1, -0.05) is 30.3 Å². The zero-order valence-corrected chi connectivity index (χ0v) is 17.2. The van der Waals surface area contributed by atoms with Crippen molar-refractivity contribution in [3.63, 3.8) is 0 Å². The third-order valence-corrected chi connectivity index (χ3v) is 4.72. The molecule has 0 aliphatic carbocycles. The van der Waals surface area contributed by atoms with Gasteiger partial charge in [0.25, 0.3) is 0 Å². The van der Waals surface area contributed by atoms with Gasteiger partial charge >= 0.3 is 0 Å². The molecule has 3 aromatic carbocycles. The van der Waals surface area contributed by atoms with Crippen LogP contribution in [0.1, 0.15) is 29.2 Å². The van der Waals surface area contributed by atoms with Crippen LogP contribution in [-0.4, -0.2) is 22.9 Å². The Hall–Kier alpha value is -2.82. The zero-order chi connectivity index (χ0) is 20.8. The molecule has 152 valence electrons. The summed E-state index contributed by atoms with van der Waals surface area (Å²) in [5, 5.41) is 18.6. The summed E-state index contributed by atoms with van der Waals surface area (Å²) in [5.74, 6) is 1.55. The maximum atomic E-state index is 9.43. The molecule has 0 fully saturated rings. The molecule has 4 nitrogen and oxygen atoms in total. The molecule has 0 spiro atoms. The molecule has 0 amide bonds. The molecule has 0 aromatic heterocycles. The normalized spacial score (nSPS) is 11.9. The molecule has 3 aromatic rings. The van der Waals surface area contributed by atoms with E-state index in [1.54, 1.807) is 6.92 Å². The van der Waals surface area contributed by atoms with Crippen molar-refractivity contribution in [3.8, 4) is 22.6 Å². The lowest BCUT2D eigenvalue weighted by Crippen LogP contribution is -2.13. The minimum atomic E-state index is -0.494. The maximum absolute atomic E-state index is 9.43. The number of hydrogen-bond acceptors (Lipinski definition) is 4. The summed E-state index contributed by atoms with van der Waals surface area (Å²) in [7, 11) is 0.